The molecule has 3 aromatic rings. The Morgan fingerprint density at radius 1 is 1.30 bits per heavy atom. The summed E-state index contributed by atoms with van der Waals surface area (Å²) in [6, 6.07) is 10.2. The molecule has 0 saturated carbocycles. The monoisotopic (exact) mass is 326 g/mol. The van der Waals surface area contributed by atoms with E-state index in [0.717, 1.165) is 43.1 Å². The second-order valence-corrected chi connectivity index (χ2v) is 6.75. The summed E-state index contributed by atoms with van der Waals surface area (Å²) in [6.45, 7) is 4.03. The van der Waals surface area contributed by atoms with E-state index < -0.39 is 0 Å². The molecule has 1 atom stereocenters. The topological polar surface area (TPSA) is 55.1 Å². The first-order valence-electron chi connectivity index (χ1n) is 7.83. The minimum absolute atomic E-state index is 0.210. The van der Waals surface area contributed by atoms with Crippen molar-refractivity contribution in [1.29, 1.82) is 0 Å². The first-order chi connectivity index (χ1) is 11.3. The van der Waals surface area contributed by atoms with Crippen LogP contribution in [0.25, 0.3) is 11.4 Å². The summed E-state index contributed by atoms with van der Waals surface area (Å²) >= 11 is 1.72. The molecule has 1 aromatic carbocycles. The van der Waals surface area contributed by atoms with Crippen LogP contribution in [0.15, 0.2) is 40.4 Å². The zero-order valence-electron chi connectivity index (χ0n) is 13.0. The van der Waals surface area contributed by atoms with Crippen molar-refractivity contribution < 1.29 is 4.52 Å². The van der Waals surface area contributed by atoms with Crippen molar-refractivity contribution in [2.45, 2.75) is 32.4 Å². The maximum absolute atomic E-state index is 5.57. The largest absolute Gasteiger partial charge is 0.337 e. The molecule has 0 amide bonds. The number of aromatic nitrogens is 3. The number of rotatable bonds is 4. The van der Waals surface area contributed by atoms with Crippen LogP contribution in [0.5, 0.6) is 0 Å². The van der Waals surface area contributed by atoms with Crippen LogP contribution in [0.1, 0.15) is 35.3 Å². The van der Waals surface area contributed by atoms with Crippen LogP contribution in [-0.4, -0.2) is 26.6 Å². The molecular formula is C17H18N4OS. The molecule has 1 aliphatic heterocycles. The number of aryl methyl sites for hydroxylation is 1. The van der Waals surface area contributed by atoms with Gasteiger partial charge in [-0.05, 0) is 26.3 Å². The van der Waals surface area contributed by atoms with Crippen LogP contribution >= 0.6 is 11.3 Å². The molecule has 23 heavy (non-hydrogen) atoms. The van der Waals surface area contributed by atoms with Crippen LogP contribution in [-0.2, 0) is 6.54 Å². The van der Waals surface area contributed by atoms with E-state index in [9.17, 15) is 0 Å². The van der Waals surface area contributed by atoms with Crippen molar-refractivity contribution in [3.63, 3.8) is 0 Å². The fourth-order valence-corrected chi connectivity index (χ4v) is 3.83. The summed E-state index contributed by atoms with van der Waals surface area (Å²) in [6.07, 6.45) is 2.22. The summed E-state index contributed by atoms with van der Waals surface area (Å²) in [5.74, 6) is 1.39. The summed E-state index contributed by atoms with van der Waals surface area (Å²) in [7, 11) is 0. The predicted molar refractivity (Wildman–Crippen MR) is 89.0 cm³/mol. The standard InChI is InChI=1S/C17H18N4OS/c1-12-15(23-11-18-12)10-21-9-5-8-14(21)17-19-16(20-22-17)13-6-3-2-4-7-13/h2-4,6-7,11,14H,5,8-10H2,1H3. The molecule has 0 radical (unpaired) electrons. The Bertz CT molecular complexity index is 783. The van der Waals surface area contributed by atoms with E-state index in [2.05, 4.69) is 26.9 Å². The molecule has 0 bridgehead atoms. The van der Waals surface area contributed by atoms with Crippen LogP contribution in [0.3, 0.4) is 0 Å². The number of hydrogen-bond donors (Lipinski definition) is 0. The van der Waals surface area contributed by atoms with E-state index in [4.69, 9.17) is 4.52 Å². The van der Waals surface area contributed by atoms with Crippen LogP contribution < -0.4 is 0 Å². The Labute approximate surface area is 139 Å². The molecular weight excluding hydrogens is 308 g/mol. The van der Waals surface area contributed by atoms with Crippen molar-refractivity contribution >= 4 is 11.3 Å². The van der Waals surface area contributed by atoms with Gasteiger partial charge in [-0.15, -0.1) is 11.3 Å². The molecule has 5 nitrogen and oxygen atoms in total. The molecule has 3 heterocycles. The van der Waals surface area contributed by atoms with Crippen molar-refractivity contribution in [3.05, 3.63) is 52.3 Å². The van der Waals surface area contributed by atoms with Crippen molar-refractivity contribution in [1.82, 2.24) is 20.0 Å². The van der Waals surface area contributed by atoms with E-state index in [1.165, 1.54) is 4.88 Å². The van der Waals surface area contributed by atoms with E-state index in [1.54, 1.807) is 11.3 Å². The number of likely N-dealkylation sites (tertiary alicyclic amines) is 1. The average molecular weight is 326 g/mol. The van der Waals surface area contributed by atoms with Gasteiger partial charge in [0, 0.05) is 17.0 Å². The number of benzene rings is 1. The maximum atomic E-state index is 5.57. The Hall–Kier alpha value is -2.05. The molecule has 1 fully saturated rings. The third-order valence-corrected chi connectivity index (χ3v) is 5.23. The zero-order valence-corrected chi connectivity index (χ0v) is 13.8. The Morgan fingerprint density at radius 2 is 2.17 bits per heavy atom. The summed E-state index contributed by atoms with van der Waals surface area (Å²) in [5, 5.41) is 4.16. The van der Waals surface area contributed by atoms with Gasteiger partial charge < -0.3 is 4.52 Å². The molecule has 0 spiro atoms. The predicted octanol–water partition coefficient (Wildman–Crippen LogP) is 3.84. The molecule has 6 heteroatoms. The minimum Gasteiger partial charge on any atom is -0.337 e. The Morgan fingerprint density at radius 3 is 2.96 bits per heavy atom. The number of hydrogen-bond acceptors (Lipinski definition) is 6. The fourth-order valence-electron chi connectivity index (χ4n) is 3.03. The summed E-state index contributed by atoms with van der Waals surface area (Å²) in [5.41, 5.74) is 4.03. The Balaban J connectivity index is 1.55. The molecule has 1 aliphatic rings. The van der Waals surface area contributed by atoms with Crippen molar-refractivity contribution in [2.75, 3.05) is 6.54 Å². The number of thiazole rings is 1. The highest BCUT2D eigenvalue weighted by Crippen LogP contribution is 2.34. The van der Waals surface area contributed by atoms with Gasteiger partial charge in [0.15, 0.2) is 0 Å². The zero-order chi connectivity index (χ0) is 15.6. The SMILES string of the molecule is Cc1ncsc1CN1CCCC1c1nc(-c2ccccc2)no1. The van der Waals surface area contributed by atoms with Gasteiger partial charge >= 0.3 is 0 Å². The summed E-state index contributed by atoms with van der Waals surface area (Å²) in [4.78, 5) is 12.7. The molecule has 0 aliphatic carbocycles. The van der Waals surface area contributed by atoms with Gasteiger partial charge in [-0.1, -0.05) is 35.5 Å². The summed E-state index contributed by atoms with van der Waals surface area (Å²) < 4.78 is 5.57. The van der Waals surface area contributed by atoms with Crippen LogP contribution in [0.2, 0.25) is 0 Å². The first-order valence-corrected chi connectivity index (χ1v) is 8.71. The molecule has 118 valence electrons. The molecule has 0 N–H and O–H groups in total. The van der Waals surface area contributed by atoms with Gasteiger partial charge in [0.2, 0.25) is 11.7 Å². The van der Waals surface area contributed by atoms with Gasteiger partial charge in [-0.3, -0.25) is 4.90 Å². The number of nitrogens with zero attached hydrogens (tertiary/aromatic N) is 4. The van der Waals surface area contributed by atoms with E-state index >= 15 is 0 Å². The molecule has 4 rings (SSSR count). The second kappa shape index (κ2) is 6.22. The van der Waals surface area contributed by atoms with Crippen LogP contribution in [0.4, 0.5) is 0 Å². The third-order valence-electron chi connectivity index (χ3n) is 4.31. The van der Waals surface area contributed by atoms with Gasteiger partial charge in [0.1, 0.15) is 0 Å². The highest BCUT2D eigenvalue weighted by atomic mass is 32.1. The lowest BCUT2D eigenvalue weighted by Crippen LogP contribution is -2.22. The smallest absolute Gasteiger partial charge is 0.244 e. The highest BCUT2D eigenvalue weighted by Gasteiger charge is 2.31. The first kappa shape index (κ1) is 14.5. The lowest BCUT2D eigenvalue weighted by molar-refractivity contribution is 0.202. The molecule has 1 unspecified atom stereocenters. The van der Waals surface area contributed by atoms with Gasteiger partial charge in [-0.25, -0.2) is 4.98 Å². The average Bonchev–Trinajstić information content (AvgIpc) is 3.30. The lowest BCUT2D eigenvalue weighted by atomic mass is 10.2. The lowest BCUT2D eigenvalue weighted by Gasteiger charge is -2.20. The normalized spacial score (nSPS) is 18.6. The van der Waals surface area contributed by atoms with Gasteiger partial charge in [-0.2, -0.15) is 4.98 Å². The molecule has 2 aromatic heterocycles. The quantitative estimate of drug-likeness (QED) is 0.729. The van der Waals surface area contributed by atoms with Crippen molar-refractivity contribution in [2.24, 2.45) is 0 Å². The van der Waals surface area contributed by atoms with Crippen molar-refractivity contribution in [3.8, 4) is 11.4 Å². The van der Waals surface area contributed by atoms with Gasteiger partial charge in [0.05, 0.1) is 17.2 Å². The second-order valence-electron chi connectivity index (χ2n) is 5.81. The van der Waals surface area contributed by atoms with Gasteiger partial charge in [0.25, 0.3) is 0 Å². The highest BCUT2D eigenvalue weighted by molar-refractivity contribution is 7.09. The minimum atomic E-state index is 0.210. The van der Waals surface area contributed by atoms with Crippen LogP contribution in [0, 0.1) is 6.92 Å². The maximum Gasteiger partial charge on any atom is 0.244 e. The third kappa shape index (κ3) is 2.92. The Kier molecular flexibility index (Phi) is 3.93. The van der Waals surface area contributed by atoms with E-state index in [1.807, 2.05) is 35.8 Å². The molecule has 1 saturated heterocycles. The van der Waals surface area contributed by atoms with E-state index in [0.29, 0.717) is 5.82 Å². The fraction of sp³-hybridized carbons (Fsp3) is 0.353. The van der Waals surface area contributed by atoms with E-state index in [-0.39, 0.29) is 6.04 Å².